The number of aliphatic carboxylic acids is 1. The summed E-state index contributed by atoms with van der Waals surface area (Å²) in [5, 5.41) is 13.0. The van der Waals surface area contributed by atoms with Crippen LogP contribution in [0.1, 0.15) is 23.1 Å². The lowest BCUT2D eigenvalue weighted by Crippen LogP contribution is -2.21. The minimum atomic E-state index is -0.873. The number of aryl methyl sites for hydroxylation is 1. The van der Waals surface area contributed by atoms with Gasteiger partial charge in [0.2, 0.25) is 5.82 Å². The van der Waals surface area contributed by atoms with Gasteiger partial charge >= 0.3 is 5.97 Å². The second-order valence-electron chi connectivity index (χ2n) is 8.77. The van der Waals surface area contributed by atoms with Crippen molar-refractivity contribution in [1.82, 2.24) is 15.0 Å². The van der Waals surface area contributed by atoms with Crippen LogP contribution >= 0.6 is 12.4 Å². The van der Waals surface area contributed by atoms with Crippen molar-refractivity contribution in [3.8, 4) is 34.0 Å². The van der Waals surface area contributed by atoms with E-state index in [4.69, 9.17) is 14.4 Å². The summed E-state index contributed by atoms with van der Waals surface area (Å²) in [6, 6.07) is 18.6. The molecule has 194 valence electrons. The molecule has 7 nitrogen and oxygen atoms in total. The Morgan fingerprint density at radius 2 is 1.86 bits per heavy atom. The zero-order valence-corrected chi connectivity index (χ0v) is 21.7. The lowest BCUT2D eigenvalue weighted by molar-refractivity contribution is -0.137. The number of benzene rings is 3. The minimum absolute atomic E-state index is 0. The zero-order valence-electron chi connectivity index (χ0n) is 20.9. The van der Waals surface area contributed by atoms with E-state index in [-0.39, 0.29) is 24.7 Å². The molecule has 0 saturated carbocycles. The second kappa shape index (κ2) is 12.6. The van der Waals surface area contributed by atoms with Crippen LogP contribution in [0.25, 0.3) is 34.0 Å². The fraction of sp³-hybridized carbons (Fsp3) is 0.250. The van der Waals surface area contributed by atoms with E-state index in [1.54, 1.807) is 20.2 Å². The van der Waals surface area contributed by atoms with Crippen molar-refractivity contribution < 1.29 is 23.6 Å². The van der Waals surface area contributed by atoms with Crippen molar-refractivity contribution in [3.63, 3.8) is 0 Å². The first kappa shape index (κ1) is 28.0. The number of ether oxygens (including phenoxy) is 1. The SMILES string of the molecule is COCc1cc(-c2nc(-c3cc(F)cc(CN(C)CCC(=O)O)c3)no2)ccc1-c1ccccc1C.Cl. The van der Waals surface area contributed by atoms with E-state index in [0.717, 1.165) is 27.8 Å². The number of rotatable bonds is 10. The van der Waals surface area contributed by atoms with Crippen LogP contribution in [0.4, 0.5) is 4.39 Å². The summed E-state index contributed by atoms with van der Waals surface area (Å²) in [7, 11) is 3.44. The highest BCUT2D eigenvalue weighted by Gasteiger charge is 2.16. The van der Waals surface area contributed by atoms with Gasteiger partial charge in [-0.05, 0) is 72.1 Å². The van der Waals surface area contributed by atoms with E-state index in [1.807, 2.05) is 35.2 Å². The molecule has 1 aromatic heterocycles. The summed E-state index contributed by atoms with van der Waals surface area (Å²) in [5.74, 6) is -0.703. The van der Waals surface area contributed by atoms with Gasteiger partial charge in [-0.2, -0.15) is 4.98 Å². The summed E-state index contributed by atoms with van der Waals surface area (Å²) in [6.07, 6.45) is 0.0144. The van der Waals surface area contributed by atoms with Gasteiger partial charge in [-0.1, -0.05) is 35.5 Å². The van der Waals surface area contributed by atoms with Crippen molar-refractivity contribution in [3.05, 3.63) is 83.2 Å². The minimum Gasteiger partial charge on any atom is -0.481 e. The molecular formula is C28H29ClFN3O4. The molecule has 1 N–H and O–H groups in total. The van der Waals surface area contributed by atoms with E-state index in [9.17, 15) is 9.18 Å². The van der Waals surface area contributed by atoms with Crippen LogP contribution in [-0.2, 0) is 22.7 Å². The van der Waals surface area contributed by atoms with E-state index in [1.165, 1.54) is 12.1 Å². The van der Waals surface area contributed by atoms with Crippen molar-refractivity contribution in [2.45, 2.75) is 26.5 Å². The van der Waals surface area contributed by atoms with Gasteiger partial charge in [-0.15, -0.1) is 12.4 Å². The molecule has 9 heteroatoms. The van der Waals surface area contributed by atoms with Gasteiger partial charge in [0.05, 0.1) is 13.0 Å². The number of carboxylic acids is 1. The number of nitrogens with zero attached hydrogens (tertiary/aromatic N) is 3. The number of aromatic nitrogens is 2. The lowest BCUT2D eigenvalue weighted by atomic mass is 9.94. The second-order valence-corrected chi connectivity index (χ2v) is 8.77. The van der Waals surface area contributed by atoms with Crippen LogP contribution in [0.15, 0.2) is 65.2 Å². The molecule has 0 spiro atoms. The van der Waals surface area contributed by atoms with Gasteiger partial charge in [-0.3, -0.25) is 4.79 Å². The third-order valence-electron chi connectivity index (χ3n) is 5.89. The van der Waals surface area contributed by atoms with Gasteiger partial charge < -0.3 is 19.3 Å². The Balaban J connectivity index is 0.00000380. The number of methoxy groups -OCH3 is 1. The smallest absolute Gasteiger partial charge is 0.304 e. The highest BCUT2D eigenvalue weighted by atomic mass is 35.5. The third kappa shape index (κ3) is 7.01. The average molecular weight is 526 g/mol. The fourth-order valence-electron chi connectivity index (χ4n) is 4.15. The van der Waals surface area contributed by atoms with Crippen molar-refractivity contribution in [2.75, 3.05) is 20.7 Å². The quantitative estimate of drug-likeness (QED) is 0.272. The molecule has 37 heavy (non-hydrogen) atoms. The molecule has 0 amide bonds. The van der Waals surface area contributed by atoms with Gasteiger partial charge in [0.25, 0.3) is 5.89 Å². The summed E-state index contributed by atoms with van der Waals surface area (Å²) < 4.78 is 25.3. The molecule has 0 aliphatic heterocycles. The molecule has 0 aliphatic rings. The fourth-order valence-corrected chi connectivity index (χ4v) is 4.15. The Morgan fingerprint density at radius 1 is 1.08 bits per heavy atom. The molecule has 1 heterocycles. The number of hydrogen-bond donors (Lipinski definition) is 1. The van der Waals surface area contributed by atoms with Crippen LogP contribution in [0.2, 0.25) is 0 Å². The van der Waals surface area contributed by atoms with Gasteiger partial charge in [0.15, 0.2) is 0 Å². The van der Waals surface area contributed by atoms with Crippen molar-refractivity contribution in [2.24, 2.45) is 0 Å². The Hall–Kier alpha value is -3.59. The van der Waals surface area contributed by atoms with Crippen LogP contribution in [0.3, 0.4) is 0 Å². The molecule has 3 aromatic carbocycles. The Kier molecular flexibility index (Phi) is 9.52. The first-order valence-electron chi connectivity index (χ1n) is 11.6. The molecule has 4 rings (SSSR count). The monoisotopic (exact) mass is 525 g/mol. The largest absolute Gasteiger partial charge is 0.481 e. The Morgan fingerprint density at radius 3 is 2.59 bits per heavy atom. The lowest BCUT2D eigenvalue weighted by Gasteiger charge is -2.15. The van der Waals surface area contributed by atoms with Crippen molar-refractivity contribution >= 4 is 18.4 Å². The van der Waals surface area contributed by atoms with Crippen LogP contribution < -0.4 is 0 Å². The summed E-state index contributed by atoms with van der Waals surface area (Å²) in [6.45, 7) is 3.24. The van der Waals surface area contributed by atoms with Gasteiger partial charge in [-0.25, -0.2) is 4.39 Å². The van der Waals surface area contributed by atoms with E-state index in [0.29, 0.717) is 36.7 Å². The van der Waals surface area contributed by atoms with Crippen LogP contribution in [0, 0.1) is 12.7 Å². The molecule has 0 fully saturated rings. The number of hydrogen-bond acceptors (Lipinski definition) is 6. The molecule has 0 unspecified atom stereocenters. The predicted molar refractivity (Wildman–Crippen MR) is 142 cm³/mol. The van der Waals surface area contributed by atoms with Crippen LogP contribution in [-0.4, -0.2) is 46.8 Å². The third-order valence-corrected chi connectivity index (χ3v) is 5.89. The average Bonchev–Trinajstić information content (AvgIpc) is 3.34. The Bertz CT molecular complexity index is 1380. The maximum absolute atomic E-state index is 14.4. The molecule has 0 atom stereocenters. The van der Waals surface area contributed by atoms with Crippen molar-refractivity contribution in [1.29, 1.82) is 0 Å². The summed E-state index contributed by atoms with van der Waals surface area (Å²) in [4.78, 5) is 17.1. The molecule has 0 aliphatic carbocycles. The summed E-state index contributed by atoms with van der Waals surface area (Å²) >= 11 is 0. The first-order valence-corrected chi connectivity index (χ1v) is 11.6. The molecule has 4 aromatic rings. The maximum Gasteiger partial charge on any atom is 0.304 e. The number of carbonyl (C=O) groups is 1. The molecule has 0 bridgehead atoms. The standard InChI is InChI=1S/C28H28FN3O4.ClH/c1-18-6-4-5-7-24(18)25-9-8-20(14-22(25)17-35-3)28-30-27(31-36-28)21-12-19(13-23(29)15-21)16-32(2)11-10-26(33)34;/h4-9,12-15H,10-11,16-17H2,1-3H3,(H,33,34);1H. The normalized spacial score (nSPS) is 10.9. The number of carboxylic acid groups (broad SMARTS) is 1. The molecular weight excluding hydrogens is 497 g/mol. The summed E-state index contributed by atoms with van der Waals surface area (Å²) in [5.41, 5.74) is 6.26. The predicted octanol–water partition coefficient (Wildman–Crippen LogP) is 5.99. The maximum atomic E-state index is 14.4. The highest BCUT2D eigenvalue weighted by molar-refractivity contribution is 5.85. The Labute approximate surface area is 221 Å². The van der Waals surface area contributed by atoms with E-state index in [2.05, 4.69) is 29.2 Å². The zero-order chi connectivity index (χ0) is 25.7. The molecule has 0 saturated heterocycles. The topological polar surface area (TPSA) is 88.7 Å². The number of halogens is 2. The van der Waals surface area contributed by atoms with E-state index < -0.39 is 11.8 Å². The highest BCUT2D eigenvalue weighted by Crippen LogP contribution is 2.32. The van der Waals surface area contributed by atoms with Gasteiger partial charge in [0.1, 0.15) is 5.82 Å². The van der Waals surface area contributed by atoms with Gasteiger partial charge in [0, 0.05) is 31.3 Å². The first-order chi connectivity index (χ1) is 17.3. The molecule has 0 radical (unpaired) electrons. The van der Waals surface area contributed by atoms with E-state index >= 15 is 0 Å². The van der Waals surface area contributed by atoms with Crippen LogP contribution in [0.5, 0.6) is 0 Å².